The smallest absolute Gasteiger partial charge is 0.213 e. The summed E-state index contributed by atoms with van der Waals surface area (Å²) >= 11 is 6.30. The number of nitrogens with zero attached hydrogens (tertiary/aromatic N) is 4. The highest BCUT2D eigenvalue weighted by Crippen LogP contribution is 2.25. The van der Waals surface area contributed by atoms with E-state index in [0.717, 1.165) is 49.3 Å². The van der Waals surface area contributed by atoms with Gasteiger partial charge in [-0.1, -0.05) is 23.7 Å². The van der Waals surface area contributed by atoms with Crippen LogP contribution in [0.3, 0.4) is 0 Å². The lowest BCUT2D eigenvalue weighted by Crippen LogP contribution is -2.52. The second-order valence-electron chi connectivity index (χ2n) is 6.48. The fraction of sp³-hybridized carbons (Fsp3) is 0.611. The third-order valence-corrected chi connectivity index (χ3v) is 6.94. The number of rotatable bonds is 7. The number of halogens is 1. The first-order valence-corrected chi connectivity index (χ1v) is 11.3. The van der Waals surface area contributed by atoms with Crippen LogP contribution in [0.5, 0.6) is 0 Å². The van der Waals surface area contributed by atoms with Crippen LogP contribution in [0, 0.1) is 0 Å². The van der Waals surface area contributed by atoms with Crippen molar-refractivity contribution in [2.45, 2.75) is 13.3 Å². The van der Waals surface area contributed by atoms with Gasteiger partial charge < -0.3 is 15.1 Å². The monoisotopic (exact) mass is 415 g/mol. The van der Waals surface area contributed by atoms with Gasteiger partial charge in [0.25, 0.3) is 0 Å². The minimum atomic E-state index is -3.11. The minimum Gasteiger partial charge on any atom is -0.367 e. The maximum Gasteiger partial charge on any atom is 0.213 e. The Morgan fingerprint density at radius 2 is 1.93 bits per heavy atom. The number of benzene rings is 1. The summed E-state index contributed by atoms with van der Waals surface area (Å²) in [6.45, 7) is 6.31. The van der Waals surface area contributed by atoms with Gasteiger partial charge >= 0.3 is 0 Å². The van der Waals surface area contributed by atoms with Crippen LogP contribution in [0.1, 0.15) is 13.3 Å². The van der Waals surface area contributed by atoms with E-state index in [1.807, 2.05) is 24.3 Å². The normalized spacial score (nSPS) is 16.1. The van der Waals surface area contributed by atoms with E-state index in [4.69, 9.17) is 11.6 Å². The highest BCUT2D eigenvalue weighted by molar-refractivity contribution is 7.89. The number of piperazine rings is 1. The van der Waals surface area contributed by atoms with Gasteiger partial charge in [-0.3, -0.25) is 4.99 Å². The van der Waals surface area contributed by atoms with Crippen molar-refractivity contribution < 1.29 is 8.42 Å². The third-order valence-electron chi connectivity index (χ3n) is 4.76. The molecule has 0 saturated carbocycles. The summed E-state index contributed by atoms with van der Waals surface area (Å²) in [6.07, 6.45) is 0.730. The van der Waals surface area contributed by atoms with Crippen LogP contribution in [0.15, 0.2) is 29.3 Å². The van der Waals surface area contributed by atoms with E-state index < -0.39 is 10.0 Å². The topological polar surface area (TPSA) is 68.2 Å². The summed E-state index contributed by atoms with van der Waals surface area (Å²) in [4.78, 5) is 8.87. The molecular weight excluding hydrogens is 386 g/mol. The van der Waals surface area contributed by atoms with E-state index in [1.165, 1.54) is 4.31 Å². The van der Waals surface area contributed by atoms with Crippen molar-refractivity contribution in [1.29, 1.82) is 0 Å². The van der Waals surface area contributed by atoms with E-state index in [-0.39, 0.29) is 5.75 Å². The van der Waals surface area contributed by atoms with Gasteiger partial charge in [-0.05, 0) is 25.5 Å². The van der Waals surface area contributed by atoms with Crippen LogP contribution < -0.4 is 10.2 Å². The highest BCUT2D eigenvalue weighted by Gasteiger charge is 2.21. The molecule has 1 heterocycles. The first-order valence-electron chi connectivity index (χ1n) is 9.28. The number of nitrogens with one attached hydrogen (secondary N) is 1. The van der Waals surface area contributed by atoms with Crippen molar-refractivity contribution in [3.63, 3.8) is 0 Å². The molecule has 1 aromatic carbocycles. The Labute approximate surface area is 168 Å². The van der Waals surface area contributed by atoms with Crippen molar-refractivity contribution in [1.82, 2.24) is 14.5 Å². The summed E-state index contributed by atoms with van der Waals surface area (Å²) in [6, 6.07) is 7.91. The number of hydrogen-bond donors (Lipinski definition) is 1. The van der Waals surface area contributed by atoms with Crippen LogP contribution in [-0.2, 0) is 10.0 Å². The predicted octanol–water partition coefficient (Wildman–Crippen LogP) is 1.71. The SMILES string of the molecule is CCS(=O)(=O)N(C)CCCNC(=NC)N1CCN(c2ccccc2Cl)CC1. The van der Waals surface area contributed by atoms with Crippen LogP contribution >= 0.6 is 11.6 Å². The third kappa shape index (κ3) is 5.99. The van der Waals surface area contributed by atoms with Gasteiger partial charge in [-0.25, -0.2) is 12.7 Å². The van der Waals surface area contributed by atoms with Crippen molar-refractivity contribution in [3.8, 4) is 0 Å². The van der Waals surface area contributed by atoms with Gasteiger partial charge in [0.05, 0.1) is 16.5 Å². The molecule has 152 valence electrons. The zero-order valence-electron chi connectivity index (χ0n) is 16.4. The lowest BCUT2D eigenvalue weighted by molar-refractivity contribution is 0.371. The average molecular weight is 416 g/mol. The van der Waals surface area contributed by atoms with Gasteiger partial charge in [-0.2, -0.15) is 0 Å². The summed E-state index contributed by atoms with van der Waals surface area (Å²) in [5.74, 6) is 0.990. The van der Waals surface area contributed by atoms with Crippen molar-refractivity contribution in [2.24, 2.45) is 4.99 Å². The summed E-state index contributed by atoms with van der Waals surface area (Å²) < 4.78 is 24.9. The molecule has 0 bridgehead atoms. The molecular formula is C18H30ClN5O2S. The second-order valence-corrected chi connectivity index (χ2v) is 9.25. The molecule has 1 saturated heterocycles. The number of aliphatic imine (C=N–C) groups is 1. The fourth-order valence-electron chi connectivity index (χ4n) is 3.06. The molecule has 0 amide bonds. The van der Waals surface area contributed by atoms with E-state index in [9.17, 15) is 8.42 Å². The van der Waals surface area contributed by atoms with Crippen LogP contribution in [0.25, 0.3) is 0 Å². The fourth-order valence-corrected chi connectivity index (χ4v) is 4.16. The van der Waals surface area contributed by atoms with E-state index in [1.54, 1.807) is 21.0 Å². The maximum absolute atomic E-state index is 11.8. The van der Waals surface area contributed by atoms with Crippen LogP contribution in [0.4, 0.5) is 5.69 Å². The lowest BCUT2D eigenvalue weighted by atomic mass is 10.2. The molecule has 0 unspecified atom stereocenters. The molecule has 0 atom stereocenters. The number of hydrogen-bond acceptors (Lipinski definition) is 4. The van der Waals surface area contributed by atoms with Gasteiger partial charge in [0, 0.05) is 53.4 Å². The molecule has 0 aromatic heterocycles. The van der Waals surface area contributed by atoms with Crippen LogP contribution in [0.2, 0.25) is 5.02 Å². The summed E-state index contributed by atoms with van der Waals surface area (Å²) in [5, 5.41) is 4.12. The molecule has 1 aromatic rings. The van der Waals surface area contributed by atoms with Gasteiger partial charge in [0.2, 0.25) is 10.0 Å². The average Bonchev–Trinajstić information content (AvgIpc) is 2.68. The Morgan fingerprint density at radius 1 is 1.26 bits per heavy atom. The molecule has 1 fully saturated rings. The Balaban J connectivity index is 1.78. The first kappa shape index (κ1) is 21.8. The number of anilines is 1. The van der Waals surface area contributed by atoms with Crippen molar-refractivity contribution >= 4 is 33.3 Å². The quantitative estimate of drug-likeness (QED) is 0.417. The molecule has 1 aliphatic heterocycles. The number of guanidine groups is 1. The zero-order chi connectivity index (χ0) is 19.9. The van der Waals surface area contributed by atoms with Crippen molar-refractivity contribution in [2.75, 3.05) is 64.0 Å². The predicted molar refractivity (Wildman–Crippen MR) is 113 cm³/mol. The van der Waals surface area contributed by atoms with Crippen LogP contribution in [-0.4, -0.2) is 82.7 Å². The Bertz CT molecular complexity index is 733. The largest absolute Gasteiger partial charge is 0.367 e. The summed E-state index contributed by atoms with van der Waals surface area (Å²) in [5.41, 5.74) is 1.07. The molecule has 0 aliphatic carbocycles. The standard InChI is InChI=1S/C18H30ClN5O2S/c1-4-27(25,26)22(3)11-7-10-21-18(20-2)24-14-12-23(13-15-24)17-9-6-5-8-16(17)19/h5-6,8-9H,4,7,10-15H2,1-3H3,(H,20,21). The molecule has 0 radical (unpaired) electrons. The Hall–Kier alpha value is -1.51. The molecule has 1 N–H and O–H groups in total. The molecule has 1 aliphatic rings. The Kier molecular flexibility index (Phi) is 8.19. The van der Waals surface area contributed by atoms with Gasteiger partial charge in [0.1, 0.15) is 0 Å². The first-order chi connectivity index (χ1) is 12.9. The lowest BCUT2D eigenvalue weighted by Gasteiger charge is -2.38. The molecule has 27 heavy (non-hydrogen) atoms. The van der Waals surface area contributed by atoms with Crippen molar-refractivity contribution in [3.05, 3.63) is 29.3 Å². The molecule has 2 rings (SSSR count). The molecule has 7 nitrogen and oxygen atoms in total. The number of para-hydroxylation sites is 1. The molecule has 9 heteroatoms. The second kappa shape index (κ2) is 10.1. The van der Waals surface area contributed by atoms with E-state index in [2.05, 4.69) is 20.1 Å². The van der Waals surface area contributed by atoms with E-state index in [0.29, 0.717) is 13.1 Å². The van der Waals surface area contributed by atoms with Gasteiger partial charge in [-0.15, -0.1) is 0 Å². The maximum atomic E-state index is 11.8. The Morgan fingerprint density at radius 3 is 2.52 bits per heavy atom. The summed E-state index contributed by atoms with van der Waals surface area (Å²) in [7, 11) is 0.288. The molecule has 0 spiro atoms. The zero-order valence-corrected chi connectivity index (χ0v) is 17.9. The highest BCUT2D eigenvalue weighted by atomic mass is 35.5. The van der Waals surface area contributed by atoms with Gasteiger partial charge in [0.15, 0.2) is 5.96 Å². The minimum absolute atomic E-state index is 0.133. The van der Waals surface area contributed by atoms with E-state index >= 15 is 0 Å². The number of sulfonamides is 1.